The largest absolute Gasteiger partial charge is 0.376 e. The van der Waals surface area contributed by atoms with Gasteiger partial charge in [0.2, 0.25) is 17.8 Å². The topological polar surface area (TPSA) is 76.5 Å². The van der Waals surface area contributed by atoms with Gasteiger partial charge in [-0.05, 0) is 55.5 Å². The third-order valence-electron chi connectivity index (χ3n) is 7.13. The Morgan fingerprint density at radius 3 is 2.44 bits per heavy atom. The van der Waals surface area contributed by atoms with Crippen molar-refractivity contribution < 1.29 is 14.3 Å². The highest BCUT2D eigenvalue weighted by atomic mass is 16.5. The zero-order valence-corrected chi connectivity index (χ0v) is 22.5. The lowest BCUT2D eigenvalue weighted by atomic mass is 10.1. The molecule has 1 aliphatic rings. The summed E-state index contributed by atoms with van der Waals surface area (Å²) in [5, 5.41) is 2.99. The van der Waals surface area contributed by atoms with E-state index in [9.17, 15) is 9.59 Å². The quantitative estimate of drug-likeness (QED) is 0.322. The lowest BCUT2D eigenvalue weighted by molar-refractivity contribution is -0.135. The van der Waals surface area contributed by atoms with E-state index in [2.05, 4.69) is 31.3 Å². The summed E-state index contributed by atoms with van der Waals surface area (Å²) in [7, 11) is 0. The minimum Gasteiger partial charge on any atom is -0.376 e. The summed E-state index contributed by atoms with van der Waals surface area (Å²) in [4.78, 5) is 33.1. The highest BCUT2D eigenvalue weighted by molar-refractivity contribution is 5.94. The Hall–Kier alpha value is -4.23. The van der Waals surface area contributed by atoms with Gasteiger partial charge in [-0.15, -0.1) is 0 Å². The molecule has 1 atom stereocenters. The van der Waals surface area contributed by atoms with Crippen molar-refractivity contribution in [2.75, 3.05) is 25.0 Å². The van der Waals surface area contributed by atoms with E-state index in [1.807, 2.05) is 77.5 Å². The highest BCUT2D eigenvalue weighted by Crippen LogP contribution is 2.25. The van der Waals surface area contributed by atoms with E-state index in [-0.39, 0.29) is 30.9 Å². The lowest BCUT2D eigenvalue weighted by Crippen LogP contribution is -2.43. The molecule has 7 nitrogen and oxygen atoms in total. The molecule has 3 aromatic carbocycles. The first kappa shape index (κ1) is 26.4. The minimum absolute atomic E-state index is 0.0558. The molecule has 1 fully saturated rings. The summed E-state index contributed by atoms with van der Waals surface area (Å²) in [5.74, 6) is 0.00807. The number of rotatable bonds is 9. The van der Waals surface area contributed by atoms with Gasteiger partial charge in [-0.3, -0.25) is 19.5 Å². The molecule has 0 radical (unpaired) electrons. The number of hydrogen-bond acceptors (Lipinski definition) is 4. The van der Waals surface area contributed by atoms with Crippen LogP contribution in [0.4, 0.5) is 5.95 Å². The normalized spacial score (nSPS) is 14.8. The number of benzene rings is 3. The number of nitrogens with zero attached hydrogens (tertiary/aromatic N) is 3. The molecular formula is C32H34N4O3. The summed E-state index contributed by atoms with van der Waals surface area (Å²) in [5.41, 5.74) is 5.86. The van der Waals surface area contributed by atoms with Crippen molar-refractivity contribution in [2.24, 2.45) is 0 Å². The van der Waals surface area contributed by atoms with Gasteiger partial charge in [0.15, 0.2) is 0 Å². The van der Waals surface area contributed by atoms with Crippen molar-refractivity contribution >= 4 is 17.8 Å². The summed E-state index contributed by atoms with van der Waals surface area (Å²) in [6, 6.07) is 25.6. The Kier molecular flexibility index (Phi) is 8.18. The summed E-state index contributed by atoms with van der Waals surface area (Å²) in [6.45, 7) is 5.13. The maximum absolute atomic E-state index is 13.4. The number of anilines is 1. The second-order valence-corrected chi connectivity index (χ2v) is 10.1. The summed E-state index contributed by atoms with van der Waals surface area (Å²) in [6.07, 6.45) is 3.96. The molecule has 1 saturated heterocycles. The van der Waals surface area contributed by atoms with E-state index in [0.717, 1.165) is 40.9 Å². The molecule has 1 N–H and O–H groups in total. The van der Waals surface area contributed by atoms with Crippen molar-refractivity contribution in [3.63, 3.8) is 0 Å². The van der Waals surface area contributed by atoms with Crippen LogP contribution < -0.4 is 5.32 Å². The monoisotopic (exact) mass is 522 g/mol. The average Bonchev–Trinajstić information content (AvgIpc) is 3.61. The maximum Gasteiger partial charge on any atom is 0.246 e. The molecule has 0 bridgehead atoms. The van der Waals surface area contributed by atoms with Crippen LogP contribution in [0.2, 0.25) is 0 Å². The first-order chi connectivity index (χ1) is 19.0. The van der Waals surface area contributed by atoms with Crippen molar-refractivity contribution in [1.82, 2.24) is 14.5 Å². The van der Waals surface area contributed by atoms with Gasteiger partial charge >= 0.3 is 0 Å². The van der Waals surface area contributed by atoms with Gasteiger partial charge in [0.1, 0.15) is 6.54 Å². The number of carbonyl (C=O) groups is 2. The second kappa shape index (κ2) is 12.1. The van der Waals surface area contributed by atoms with Crippen LogP contribution in [-0.2, 0) is 20.7 Å². The molecule has 1 unspecified atom stereocenters. The van der Waals surface area contributed by atoms with E-state index < -0.39 is 0 Å². The molecule has 7 heteroatoms. The molecule has 0 saturated carbocycles. The van der Waals surface area contributed by atoms with Gasteiger partial charge in [-0.1, -0.05) is 66.7 Å². The van der Waals surface area contributed by atoms with Crippen LogP contribution in [0.5, 0.6) is 0 Å². The molecule has 200 valence electrons. The highest BCUT2D eigenvalue weighted by Gasteiger charge is 2.25. The standard InChI is InChI=1S/C32H34N4O3/c1-23-15-16-27(18-24(23)2)36-21-29(26-12-7-4-8-13-26)33-32(36)34-30(37)22-35(20-28-14-9-17-39-28)31(38)19-25-10-5-3-6-11-25/h3-8,10-13,15-16,18,21,28H,9,14,17,19-20,22H2,1-2H3,(H,33,34,37). The first-order valence-corrected chi connectivity index (χ1v) is 13.4. The Balaban J connectivity index is 1.39. The van der Waals surface area contributed by atoms with E-state index in [1.165, 1.54) is 5.56 Å². The fourth-order valence-corrected chi connectivity index (χ4v) is 4.80. The van der Waals surface area contributed by atoms with Crippen molar-refractivity contribution in [3.05, 3.63) is 102 Å². The van der Waals surface area contributed by atoms with Gasteiger partial charge in [0.05, 0.1) is 18.2 Å². The summed E-state index contributed by atoms with van der Waals surface area (Å²) < 4.78 is 7.68. The molecular weight excluding hydrogens is 488 g/mol. The van der Waals surface area contributed by atoms with Crippen molar-refractivity contribution in [2.45, 2.75) is 39.2 Å². The Bertz CT molecular complexity index is 1430. The number of hydrogen-bond donors (Lipinski definition) is 1. The van der Waals surface area contributed by atoms with E-state index in [4.69, 9.17) is 9.72 Å². The Labute approximate surface area is 229 Å². The number of aryl methyl sites for hydroxylation is 2. The van der Waals surface area contributed by atoms with Crippen LogP contribution in [0.15, 0.2) is 85.1 Å². The van der Waals surface area contributed by atoms with E-state index in [0.29, 0.717) is 19.1 Å². The zero-order valence-electron chi connectivity index (χ0n) is 22.5. The molecule has 1 aromatic heterocycles. The molecule has 0 spiro atoms. The number of imidazole rings is 1. The number of amides is 2. The van der Waals surface area contributed by atoms with Gasteiger partial charge in [-0.25, -0.2) is 4.98 Å². The summed E-state index contributed by atoms with van der Waals surface area (Å²) >= 11 is 0. The lowest BCUT2D eigenvalue weighted by Gasteiger charge is -2.25. The number of aromatic nitrogens is 2. The van der Waals surface area contributed by atoms with E-state index >= 15 is 0 Å². The second-order valence-electron chi connectivity index (χ2n) is 10.1. The smallest absolute Gasteiger partial charge is 0.246 e. The molecule has 2 heterocycles. The van der Waals surface area contributed by atoms with Gasteiger partial charge in [0.25, 0.3) is 0 Å². The Morgan fingerprint density at radius 1 is 1.00 bits per heavy atom. The van der Waals surface area contributed by atoms with Gasteiger partial charge < -0.3 is 9.64 Å². The molecule has 5 rings (SSSR count). The van der Waals surface area contributed by atoms with Crippen LogP contribution in [0, 0.1) is 13.8 Å². The SMILES string of the molecule is Cc1ccc(-n2cc(-c3ccccc3)nc2NC(=O)CN(CC2CCCO2)C(=O)Cc2ccccc2)cc1C. The van der Waals surface area contributed by atoms with Crippen molar-refractivity contribution in [1.29, 1.82) is 0 Å². The van der Waals surface area contributed by atoms with Crippen LogP contribution in [0.3, 0.4) is 0 Å². The maximum atomic E-state index is 13.4. The molecule has 2 amide bonds. The predicted octanol–water partition coefficient (Wildman–Crippen LogP) is 5.34. The predicted molar refractivity (Wildman–Crippen MR) is 153 cm³/mol. The van der Waals surface area contributed by atoms with Gasteiger partial charge in [0, 0.05) is 30.6 Å². The van der Waals surface area contributed by atoms with E-state index in [1.54, 1.807) is 4.90 Å². The molecule has 39 heavy (non-hydrogen) atoms. The third-order valence-corrected chi connectivity index (χ3v) is 7.13. The minimum atomic E-state index is -0.301. The Morgan fingerprint density at radius 2 is 1.74 bits per heavy atom. The molecule has 0 aliphatic carbocycles. The fraction of sp³-hybridized carbons (Fsp3) is 0.281. The number of ether oxygens (including phenoxy) is 1. The van der Waals surface area contributed by atoms with Crippen LogP contribution in [-0.4, -0.2) is 52.1 Å². The molecule has 4 aromatic rings. The third kappa shape index (κ3) is 6.62. The fourth-order valence-electron chi connectivity index (χ4n) is 4.80. The van der Waals surface area contributed by atoms with Crippen molar-refractivity contribution in [3.8, 4) is 16.9 Å². The van der Waals surface area contributed by atoms with Crippen LogP contribution >= 0.6 is 0 Å². The first-order valence-electron chi connectivity index (χ1n) is 13.4. The molecule has 1 aliphatic heterocycles. The average molecular weight is 523 g/mol. The van der Waals surface area contributed by atoms with Crippen LogP contribution in [0.1, 0.15) is 29.5 Å². The van der Waals surface area contributed by atoms with Crippen LogP contribution in [0.25, 0.3) is 16.9 Å². The van der Waals surface area contributed by atoms with Gasteiger partial charge in [-0.2, -0.15) is 0 Å². The zero-order chi connectivity index (χ0) is 27.2. The number of nitrogens with one attached hydrogen (secondary N) is 1. The number of carbonyl (C=O) groups excluding carboxylic acids is 2.